The van der Waals surface area contributed by atoms with Crippen molar-refractivity contribution in [3.8, 4) is 0 Å². The lowest BCUT2D eigenvalue weighted by Gasteiger charge is -2.16. The van der Waals surface area contributed by atoms with Gasteiger partial charge in [0.1, 0.15) is 0 Å². The van der Waals surface area contributed by atoms with Crippen LogP contribution in [-0.2, 0) is 6.54 Å². The van der Waals surface area contributed by atoms with E-state index in [9.17, 15) is 9.59 Å². The van der Waals surface area contributed by atoms with Crippen molar-refractivity contribution in [3.05, 3.63) is 73.6 Å². The van der Waals surface area contributed by atoms with Crippen LogP contribution in [-0.4, -0.2) is 23.8 Å². The van der Waals surface area contributed by atoms with Crippen molar-refractivity contribution in [2.45, 2.75) is 6.54 Å². The molecule has 2 amide bonds. The number of carbonyl (C=O) groups is 2. The minimum absolute atomic E-state index is 0.0827. The molecule has 0 atom stereocenters. The molecule has 0 aliphatic rings. The first kappa shape index (κ1) is 17.7. The molecule has 25 heavy (non-hydrogen) atoms. The van der Waals surface area contributed by atoms with Crippen LogP contribution in [0.2, 0.25) is 4.34 Å². The number of benzene rings is 1. The van der Waals surface area contributed by atoms with Crippen LogP contribution in [0.25, 0.3) is 0 Å². The van der Waals surface area contributed by atoms with E-state index in [0.29, 0.717) is 27.0 Å². The van der Waals surface area contributed by atoms with Gasteiger partial charge in [0.2, 0.25) is 0 Å². The van der Waals surface area contributed by atoms with E-state index in [1.807, 2.05) is 23.6 Å². The van der Waals surface area contributed by atoms with Crippen LogP contribution in [0.15, 0.2) is 53.9 Å². The fraction of sp³-hybridized carbons (Fsp3) is 0.111. The number of halogens is 1. The Morgan fingerprint density at radius 1 is 1.12 bits per heavy atom. The first-order valence-corrected chi connectivity index (χ1v) is 9.55. The molecule has 2 aromatic heterocycles. The molecule has 3 rings (SSSR count). The van der Waals surface area contributed by atoms with Crippen LogP contribution in [0, 0.1) is 0 Å². The van der Waals surface area contributed by atoms with Gasteiger partial charge in [0.05, 0.1) is 15.8 Å². The fourth-order valence-corrected chi connectivity index (χ4v) is 4.02. The molecule has 0 spiro atoms. The number of nitrogens with zero attached hydrogens (tertiary/aromatic N) is 1. The molecular formula is C18H15ClN2O2S2. The van der Waals surface area contributed by atoms with Crippen molar-refractivity contribution in [2.24, 2.45) is 0 Å². The summed E-state index contributed by atoms with van der Waals surface area (Å²) in [7, 11) is 1.75. The average Bonchev–Trinajstić information content (AvgIpc) is 3.27. The summed E-state index contributed by atoms with van der Waals surface area (Å²) < 4.78 is 0.710. The fourth-order valence-electron chi connectivity index (χ4n) is 2.26. The average molecular weight is 391 g/mol. The Morgan fingerprint density at radius 2 is 1.88 bits per heavy atom. The highest BCUT2D eigenvalue weighted by atomic mass is 35.5. The summed E-state index contributed by atoms with van der Waals surface area (Å²) in [5.74, 6) is -0.235. The van der Waals surface area contributed by atoms with Crippen LogP contribution >= 0.6 is 34.3 Å². The van der Waals surface area contributed by atoms with Crippen LogP contribution in [0.4, 0.5) is 5.69 Å². The second-order valence-electron chi connectivity index (χ2n) is 5.38. The van der Waals surface area contributed by atoms with E-state index >= 15 is 0 Å². The third-order valence-electron chi connectivity index (χ3n) is 3.50. The van der Waals surface area contributed by atoms with E-state index in [4.69, 9.17) is 11.6 Å². The quantitative estimate of drug-likeness (QED) is 0.667. The van der Waals surface area contributed by atoms with Gasteiger partial charge in [0.25, 0.3) is 11.8 Å². The predicted molar refractivity (Wildman–Crippen MR) is 104 cm³/mol. The second-order valence-corrected chi connectivity index (χ2v) is 8.12. The maximum atomic E-state index is 12.5. The van der Waals surface area contributed by atoms with Gasteiger partial charge in [-0.2, -0.15) is 0 Å². The normalized spacial score (nSPS) is 10.5. The van der Waals surface area contributed by atoms with Gasteiger partial charge < -0.3 is 10.2 Å². The third kappa shape index (κ3) is 4.48. The molecule has 0 saturated carbocycles. The first-order chi connectivity index (χ1) is 12.0. The van der Waals surface area contributed by atoms with Gasteiger partial charge in [-0.3, -0.25) is 9.59 Å². The van der Waals surface area contributed by atoms with Crippen molar-refractivity contribution in [1.29, 1.82) is 0 Å². The van der Waals surface area contributed by atoms with Crippen LogP contribution in [0.3, 0.4) is 0 Å². The Balaban J connectivity index is 1.63. The molecule has 1 aromatic carbocycles. The maximum absolute atomic E-state index is 12.5. The number of rotatable bonds is 5. The van der Waals surface area contributed by atoms with Gasteiger partial charge in [0, 0.05) is 23.2 Å². The summed E-state index contributed by atoms with van der Waals surface area (Å²) in [6.45, 7) is 0.507. The largest absolute Gasteiger partial charge is 0.337 e. The van der Waals surface area contributed by atoms with Gasteiger partial charge in [-0.1, -0.05) is 17.7 Å². The minimum atomic E-state index is -0.152. The zero-order valence-corrected chi connectivity index (χ0v) is 15.8. The molecule has 0 radical (unpaired) electrons. The SMILES string of the molecule is CN(Cc1ccc(Cl)s1)C(=O)c1ccc(NC(=O)c2cccs2)cc1. The molecular weight excluding hydrogens is 376 g/mol. The van der Waals surface area contributed by atoms with Crippen LogP contribution in [0.5, 0.6) is 0 Å². The van der Waals surface area contributed by atoms with Crippen molar-refractivity contribution < 1.29 is 9.59 Å². The molecule has 2 heterocycles. The summed E-state index contributed by atoms with van der Waals surface area (Å²) in [4.78, 5) is 27.8. The molecule has 0 aliphatic heterocycles. The van der Waals surface area contributed by atoms with E-state index in [2.05, 4.69) is 5.32 Å². The van der Waals surface area contributed by atoms with E-state index in [0.717, 1.165) is 4.88 Å². The number of carbonyl (C=O) groups excluding carboxylic acids is 2. The zero-order valence-electron chi connectivity index (χ0n) is 13.4. The van der Waals surface area contributed by atoms with Gasteiger partial charge in [-0.25, -0.2) is 0 Å². The Kier molecular flexibility index (Phi) is 5.53. The van der Waals surface area contributed by atoms with E-state index < -0.39 is 0 Å². The number of anilines is 1. The standard InChI is InChI=1S/C18H15ClN2O2S2/c1-21(11-14-8-9-16(19)25-14)18(23)12-4-6-13(7-5-12)20-17(22)15-3-2-10-24-15/h2-10H,11H2,1H3,(H,20,22). The molecule has 4 nitrogen and oxygen atoms in total. The molecule has 0 saturated heterocycles. The molecule has 7 heteroatoms. The summed E-state index contributed by atoms with van der Waals surface area (Å²) in [5, 5.41) is 4.67. The number of hydrogen-bond acceptors (Lipinski definition) is 4. The molecule has 128 valence electrons. The summed E-state index contributed by atoms with van der Waals surface area (Å²) in [6.07, 6.45) is 0. The molecule has 0 bridgehead atoms. The van der Waals surface area contributed by atoms with Crippen LogP contribution < -0.4 is 5.32 Å². The zero-order chi connectivity index (χ0) is 17.8. The Labute approximate surface area is 158 Å². The van der Waals surface area contributed by atoms with Crippen molar-refractivity contribution in [1.82, 2.24) is 4.90 Å². The second kappa shape index (κ2) is 7.82. The minimum Gasteiger partial charge on any atom is -0.337 e. The highest BCUT2D eigenvalue weighted by Gasteiger charge is 2.13. The van der Waals surface area contributed by atoms with Crippen molar-refractivity contribution >= 4 is 51.8 Å². The van der Waals surface area contributed by atoms with Crippen LogP contribution in [0.1, 0.15) is 24.9 Å². The topological polar surface area (TPSA) is 49.4 Å². The molecule has 3 aromatic rings. The van der Waals surface area contributed by atoms with Gasteiger partial charge in [-0.15, -0.1) is 22.7 Å². The van der Waals surface area contributed by atoms with Gasteiger partial charge in [0.15, 0.2) is 0 Å². The number of hydrogen-bond donors (Lipinski definition) is 1. The Bertz CT molecular complexity index is 873. The molecule has 1 N–H and O–H groups in total. The van der Waals surface area contributed by atoms with Gasteiger partial charge >= 0.3 is 0 Å². The lowest BCUT2D eigenvalue weighted by molar-refractivity contribution is 0.0786. The maximum Gasteiger partial charge on any atom is 0.265 e. The highest BCUT2D eigenvalue weighted by molar-refractivity contribution is 7.16. The monoisotopic (exact) mass is 390 g/mol. The molecule has 0 fully saturated rings. The number of amides is 2. The summed E-state index contributed by atoms with van der Waals surface area (Å²) in [6, 6.07) is 14.2. The van der Waals surface area contributed by atoms with Crippen molar-refractivity contribution in [3.63, 3.8) is 0 Å². The smallest absolute Gasteiger partial charge is 0.265 e. The molecule has 0 unspecified atom stereocenters. The third-order valence-corrected chi connectivity index (χ3v) is 5.59. The van der Waals surface area contributed by atoms with E-state index in [1.54, 1.807) is 42.3 Å². The summed E-state index contributed by atoms with van der Waals surface area (Å²) in [5.41, 5.74) is 1.22. The number of thiophene rings is 2. The highest BCUT2D eigenvalue weighted by Crippen LogP contribution is 2.23. The van der Waals surface area contributed by atoms with E-state index in [-0.39, 0.29) is 11.8 Å². The van der Waals surface area contributed by atoms with Crippen molar-refractivity contribution in [2.75, 3.05) is 12.4 Å². The van der Waals surface area contributed by atoms with Gasteiger partial charge in [-0.05, 0) is 47.8 Å². The number of nitrogens with one attached hydrogen (secondary N) is 1. The lowest BCUT2D eigenvalue weighted by atomic mass is 10.2. The van der Waals surface area contributed by atoms with E-state index in [1.165, 1.54) is 22.7 Å². The summed E-state index contributed by atoms with van der Waals surface area (Å²) >= 11 is 8.76. The molecule has 0 aliphatic carbocycles. The lowest BCUT2D eigenvalue weighted by Crippen LogP contribution is -2.25. The first-order valence-electron chi connectivity index (χ1n) is 7.47. The predicted octanol–water partition coefficient (Wildman–Crippen LogP) is 4.99. The Morgan fingerprint density at radius 3 is 2.48 bits per heavy atom. The Hall–Kier alpha value is -2.15.